The van der Waals surface area contributed by atoms with Crippen LogP contribution >= 0.6 is 11.6 Å². The Morgan fingerprint density at radius 3 is 2.94 bits per heavy atom. The van der Waals surface area contributed by atoms with Crippen molar-refractivity contribution in [2.75, 3.05) is 24.9 Å². The van der Waals surface area contributed by atoms with Crippen LogP contribution in [0.2, 0.25) is 0 Å². The van der Waals surface area contributed by atoms with E-state index in [1.54, 1.807) is 14.0 Å². The third-order valence-electron chi connectivity index (χ3n) is 2.13. The molecule has 1 rings (SSSR count). The highest BCUT2D eigenvalue weighted by Gasteiger charge is 2.13. The minimum absolute atomic E-state index is 0.0497. The zero-order valence-electron chi connectivity index (χ0n) is 9.33. The molecule has 0 aliphatic carbocycles. The zero-order valence-corrected chi connectivity index (χ0v) is 10.1. The Morgan fingerprint density at radius 2 is 2.31 bits per heavy atom. The number of hydrogen-bond donors (Lipinski definition) is 1. The van der Waals surface area contributed by atoms with E-state index in [0.717, 1.165) is 0 Å². The number of ether oxygens (including phenoxy) is 1. The summed E-state index contributed by atoms with van der Waals surface area (Å²) in [5.41, 5.74) is 0.319. The standard InChI is InChI=1S/C10H15ClFN3O/c1-7-9(12)10(14-6-13-7)15-8(3-4-11)5-16-2/h6,8H,3-5H2,1-2H3,(H,13,14,15). The van der Waals surface area contributed by atoms with Crippen molar-refractivity contribution in [2.24, 2.45) is 0 Å². The van der Waals surface area contributed by atoms with Gasteiger partial charge >= 0.3 is 0 Å². The van der Waals surface area contributed by atoms with Crippen molar-refractivity contribution in [1.29, 1.82) is 0 Å². The van der Waals surface area contributed by atoms with Gasteiger partial charge in [0.1, 0.15) is 6.33 Å². The van der Waals surface area contributed by atoms with Crippen molar-refractivity contribution in [3.8, 4) is 0 Å². The molecule has 0 aliphatic heterocycles. The topological polar surface area (TPSA) is 47.0 Å². The first-order chi connectivity index (χ1) is 7.69. The molecule has 0 radical (unpaired) electrons. The summed E-state index contributed by atoms with van der Waals surface area (Å²) in [6, 6.07) is -0.0497. The normalized spacial score (nSPS) is 12.5. The van der Waals surface area contributed by atoms with E-state index in [1.807, 2.05) is 0 Å². The summed E-state index contributed by atoms with van der Waals surface area (Å²) in [4.78, 5) is 7.60. The number of halogens is 2. The summed E-state index contributed by atoms with van der Waals surface area (Å²) in [7, 11) is 1.59. The molecule has 0 aliphatic rings. The molecule has 0 fully saturated rings. The first-order valence-electron chi connectivity index (χ1n) is 4.97. The van der Waals surface area contributed by atoms with Gasteiger partial charge < -0.3 is 10.1 Å². The molecular weight excluding hydrogens is 233 g/mol. The molecule has 4 nitrogen and oxygen atoms in total. The van der Waals surface area contributed by atoms with Gasteiger partial charge in [0.2, 0.25) is 0 Å². The minimum atomic E-state index is -0.432. The van der Waals surface area contributed by atoms with Crippen LogP contribution in [0.5, 0.6) is 0 Å². The minimum Gasteiger partial charge on any atom is -0.383 e. The molecule has 0 spiro atoms. The molecule has 1 aromatic rings. The van der Waals surface area contributed by atoms with E-state index in [4.69, 9.17) is 16.3 Å². The first kappa shape index (κ1) is 13.1. The van der Waals surface area contributed by atoms with Crippen LogP contribution in [-0.4, -0.2) is 35.6 Å². The van der Waals surface area contributed by atoms with Gasteiger partial charge in [-0.3, -0.25) is 0 Å². The van der Waals surface area contributed by atoms with Crippen molar-refractivity contribution in [1.82, 2.24) is 9.97 Å². The van der Waals surface area contributed by atoms with Crippen LogP contribution in [0, 0.1) is 12.7 Å². The summed E-state index contributed by atoms with van der Waals surface area (Å²) in [5.74, 6) is 0.241. The predicted molar refractivity (Wildman–Crippen MR) is 61.4 cm³/mol. The lowest BCUT2D eigenvalue weighted by Crippen LogP contribution is -2.26. The number of aromatic nitrogens is 2. The molecule has 0 aromatic carbocycles. The molecule has 1 atom stereocenters. The lowest BCUT2D eigenvalue weighted by molar-refractivity contribution is 0.184. The Bertz CT molecular complexity index is 332. The highest BCUT2D eigenvalue weighted by atomic mass is 35.5. The number of nitrogens with one attached hydrogen (secondary N) is 1. The molecule has 0 bridgehead atoms. The monoisotopic (exact) mass is 247 g/mol. The highest BCUT2D eigenvalue weighted by molar-refractivity contribution is 6.17. The van der Waals surface area contributed by atoms with Gasteiger partial charge in [0.25, 0.3) is 0 Å². The third-order valence-corrected chi connectivity index (χ3v) is 2.35. The third kappa shape index (κ3) is 3.57. The van der Waals surface area contributed by atoms with E-state index in [2.05, 4.69) is 15.3 Å². The largest absolute Gasteiger partial charge is 0.383 e. The van der Waals surface area contributed by atoms with Gasteiger partial charge in [0.05, 0.1) is 18.3 Å². The van der Waals surface area contributed by atoms with Crippen molar-refractivity contribution >= 4 is 17.4 Å². The van der Waals surface area contributed by atoms with E-state index in [1.165, 1.54) is 6.33 Å². The van der Waals surface area contributed by atoms with Crippen molar-refractivity contribution in [3.63, 3.8) is 0 Å². The number of hydrogen-bond acceptors (Lipinski definition) is 4. The Kier molecular flexibility index (Phi) is 5.42. The quantitative estimate of drug-likeness (QED) is 0.781. The number of alkyl halides is 1. The predicted octanol–water partition coefficient (Wildman–Crippen LogP) is 1.98. The van der Waals surface area contributed by atoms with E-state index < -0.39 is 5.82 Å². The van der Waals surface area contributed by atoms with Crippen molar-refractivity contribution in [3.05, 3.63) is 17.8 Å². The van der Waals surface area contributed by atoms with Crippen LogP contribution < -0.4 is 5.32 Å². The maximum Gasteiger partial charge on any atom is 0.186 e. The smallest absolute Gasteiger partial charge is 0.186 e. The average Bonchev–Trinajstić information content (AvgIpc) is 2.25. The van der Waals surface area contributed by atoms with E-state index in [-0.39, 0.29) is 11.9 Å². The number of aryl methyl sites for hydroxylation is 1. The van der Waals surface area contributed by atoms with Crippen LogP contribution in [0.3, 0.4) is 0 Å². The summed E-state index contributed by atoms with van der Waals surface area (Å²) < 4.78 is 18.6. The van der Waals surface area contributed by atoms with Crippen LogP contribution in [0.15, 0.2) is 6.33 Å². The highest BCUT2D eigenvalue weighted by Crippen LogP contribution is 2.14. The molecule has 1 unspecified atom stereocenters. The summed E-state index contributed by atoms with van der Waals surface area (Å²) >= 11 is 5.65. The second-order valence-corrected chi connectivity index (χ2v) is 3.77. The fourth-order valence-corrected chi connectivity index (χ4v) is 1.55. The van der Waals surface area contributed by atoms with E-state index in [9.17, 15) is 4.39 Å². The molecule has 90 valence electrons. The van der Waals surface area contributed by atoms with Crippen molar-refractivity contribution in [2.45, 2.75) is 19.4 Å². The van der Waals surface area contributed by atoms with Gasteiger partial charge in [-0.15, -0.1) is 11.6 Å². The first-order valence-corrected chi connectivity index (χ1v) is 5.51. The second kappa shape index (κ2) is 6.60. The van der Waals surface area contributed by atoms with Crippen molar-refractivity contribution < 1.29 is 9.13 Å². The second-order valence-electron chi connectivity index (χ2n) is 3.40. The summed E-state index contributed by atoms with van der Waals surface area (Å²) in [6.07, 6.45) is 2.00. The van der Waals surface area contributed by atoms with Gasteiger partial charge in [-0.05, 0) is 13.3 Å². The van der Waals surface area contributed by atoms with Crippen LogP contribution in [0.4, 0.5) is 10.2 Å². The number of rotatable bonds is 6. The van der Waals surface area contributed by atoms with Crippen LogP contribution in [0.1, 0.15) is 12.1 Å². The molecule has 1 aromatic heterocycles. The summed E-state index contributed by atoms with van der Waals surface area (Å²) in [6.45, 7) is 2.05. The maximum atomic E-state index is 13.6. The Hall–Kier alpha value is -0.940. The SMILES string of the molecule is COCC(CCCl)Nc1ncnc(C)c1F. The van der Waals surface area contributed by atoms with Gasteiger partial charge in [-0.2, -0.15) is 0 Å². The molecular formula is C10H15ClFN3O. The fourth-order valence-electron chi connectivity index (χ4n) is 1.28. The molecule has 1 N–H and O–H groups in total. The Labute approximate surface area is 99.2 Å². The number of anilines is 1. The fraction of sp³-hybridized carbons (Fsp3) is 0.600. The maximum absolute atomic E-state index is 13.6. The molecule has 0 amide bonds. The number of nitrogens with zero attached hydrogens (tertiary/aromatic N) is 2. The molecule has 0 saturated carbocycles. The Balaban J connectivity index is 2.72. The number of methoxy groups -OCH3 is 1. The zero-order chi connectivity index (χ0) is 12.0. The molecule has 1 heterocycles. The van der Waals surface area contributed by atoms with E-state index >= 15 is 0 Å². The molecule has 6 heteroatoms. The lowest BCUT2D eigenvalue weighted by Gasteiger charge is -2.17. The van der Waals surface area contributed by atoms with Gasteiger partial charge in [0, 0.05) is 13.0 Å². The summed E-state index contributed by atoms with van der Waals surface area (Å²) in [5, 5.41) is 2.95. The van der Waals surface area contributed by atoms with Gasteiger partial charge in [-0.1, -0.05) is 0 Å². The molecule has 16 heavy (non-hydrogen) atoms. The van der Waals surface area contributed by atoms with Crippen LogP contribution in [-0.2, 0) is 4.74 Å². The average molecular weight is 248 g/mol. The van der Waals surface area contributed by atoms with Gasteiger partial charge in [0.15, 0.2) is 11.6 Å². The van der Waals surface area contributed by atoms with Gasteiger partial charge in [-0.25, -0.2) is 14.4 Å². The Morgan fingerprint density at radius 1 is 1.56 bits per heavy atom. The lowest BCUT2D eigenvalue weighted by atomic mass is 10.2. The van der Waals surface area contributed by atoms with Crippen LogP contribution in [0.25, 0.3) is 0 Å². The van der Waals surface area contributed by atoms with E-state index in [0.29, 0.717) is 24.6 Å². The molecule has 0 saturated heterocycles.